The summed E-state index contributed by atoms with van der Waals surface area (Å²) in [6.07, 6.45) is 1.69. The van der Waals surface area contributed by atoms with Crippen molar-refractivity contribution in [2.24, 2.45) is 4.99 Å². The standard InChI is InChI=1S/C18H14Cl2N2O2/c1-22(2)13-6-3-11(4-7-13)9-16-18(23)24-17(21-16)12-5-8-14(19)15(20)10-12/h3-10H,1-2H3/b16-9-. The zero-order chi connectivity index (χ0) is 17.3. The summed E-state index contributed by atoms with van der Waals surface area (Å²) in [7, 11) is 3.94. The molecule has 1 aliphatic heterocycles. The molecule has 0 radical (unpaired) electrons. The van der Waals surface area contributed by atoms with E-state index in [4.69, 9.17) is 27.9 Å². The molecule has 122 valence electrons. The molecule has 1 aliphatic rings. The second-order valence-electron chi connectivity index (χ2n) is 5.45. The predicted octanol–water partition coefficient (Wildman–Crippen LogP) is 4.40. The van der Waals surface area contributed by atoms with E-state index in [2.05, 4.69) is 4.99 Å². The van der Waals surface area contributed by atoms with Gasteiger partial charge in [-0.3, -0.25) is 0 Å². The van der Waals surface area contributed by atoms with Gasteiger partial charge < -0.3 is 9.64 Å². The molecule has 3 rings (SSSR count). The minimum atomic E-state index is -0.493. The second kappa shape index (κ2) is 6.67. The lowest BCUT2D eigenvalue weighted by molar-refractivity contribution is -0.129. The lowest BCUT2D eigenvalue weighted by Gasteiger charge is -2.11. The molecule has 0 fully saturated rings. The topological polar surface area (TPSA) is 41.9 Å². The van der Waals surface area contributed by atoms with Crippen molar-refractivity contribution in [1.29, 1.82) is 0 Å². The van der Waals surface area contributed by atoms with Crippen LogP contribution in [0.2, 0.25) is 10.0 Å². The Morgan fingerprint density at radius 2 is 1.75 bits per heavy atom. The Hall–Kier alpha value is -2.30. The van der Waals surface area contributed by atoms with Gasteiger partial charge in [0.2, 0.25) is 5.90 Å². The number of halogens is 2. The molecule has 0 bridgehead atoms. The molecular formula is C18H14Cl2N2O2. The number of aliphatic imine (C=N–C) groups is 1. The molecular weight excluding hydrogens is 347 g/mol. The molecule has 0 unspecified atom stereocenters. The van der Waals surface area contributed by atoms with Crippen LogP contribution in [-0.2, 0) is 9.53 Å². The molecule has 24 heavy (non-hydrogen) atoms. The number of hydrogen-bond acceptors (Lipinski definition) is 4. The highest BCUT2D eigenvalue weighted by atomic mass is 35.5. The zero-order valence-corrected chi connectivity index (χ0v) is 14.6. The molecule has 1 heterocycles. The molecule has 0 aliphatic carbocycles. The van der Waals surface area contributed by atoms with Gasteiger partial charge in [0, 0.05) is 25.3 Å². The fourth-order valence-corrected chi connectivity index (χ4v) is 2.49. The Morgan fingerprint density at radius 1 is 1.04 bits per heavy atom. The molecule has 0 saturated heterocycles. The van der Waals surface area contributed by atoms with E-state index in [1.54, 1.807) is 24.3 Å². The fourth-order valence-electron chi connectivity index (χ4n) is 2.19. The summed E-state index contributed by atoms with van der Waals surface area (Å²) >= 11 is 11.9. The van der Waals surface area contributed by atoms with E-state index in [1.807, 2.05) is 43.3 Å². The van der Waals surface area contributed by atoms with Crippen LogP contribution in [0.4, 0.5) is 5.69 Å². The minimum absolute atomic E-state index is 0.217. The van der Waals surface area contributed by atoms with E-state index < -0.39 is 5.97 Å². The number of carbonyl (C=O) groups excluding carboxylic acids is 1. The first-order valence-electron chi connectivity index (χ1n) is 7.19. The highest BCUT2D eigenvalue weighted by molar-refractivity contribution is 6.42. The maximum atomic E-state index is 12.0. The summed E-state index contributed by atoms with van der Waals surface area (Å²) in [6, 6.07) is 12.7. The fraction of sp³-hybridized carbons (Fsp3) is 0.111. The normalized spacial score (nSPS) is 15.4. The average molecular weight is 361 g/mol. The summed E-state index contributed by atoms with van der Waals surface area (Å²) in [6.45, 7) is 0. The number of esters is 1. The van der Waals surface area contributed by atoms with Crippen LogP contribution in [0.5, 0.6) is 0 Å². The number of nitrogens with zero attached hydrogens (tertiary/aromatic N) is 2. The number of anilines is 1. The summed E-state index contributed by atoms with van der Waals surface area (Å²) in [5, 5.41) is 0.812. The average Bonchev–Trinajstić information content (AvgIpc) is 2.91. The highest BCUT2D eigenvalue weighted by Crippen LogP contribution is 2.26. The number of carbonyl (C=O) groups is 1. The largest absolute Gasteiger partial charge is 0.402 e. The van der Waals surface area contributed by atoms with Crippen molar-refractivity contribution in [1.82, 2.24) is 0 Å². The third-order valence-electron chi connectivity index (χ3n) is 3.50. The van der Waals surface area contributed by atoms with Crippen LogP contribution < -0.4 is 4.90 Å². The van der Waals surface area contributed by atoms with Crippen molar-refractivity contribution < 1.29 is 9.53 Å². The predicted molar refractivity (Wildman–Crippen MR) is 97.8 cm³/mol. The lowest BCUT2D eigenvalue weighted by atomic mass is 10.1. The summed E-state index contributed by atoms with van der Waals surface area (Å²) in [5.74, 6) is -0.275. The first-order chi connectivity index (χ1) is 11.4. The van der Waals surface area contributed by atoms with Crippen molar-refractivity contribution in [3.63, 3.8) is 0 Å². The molecule has 6 heteroatoms. The summed E-state index contributed by atoms with van der Waals surface area (Å²) in [4.78, 5) is 18.3. The zero-order valence-electron chi connectivity index (χ0n) is 13.1. The van der Waals surface area contributed by atoms with Crippen LogP contribution in [-0.4, -0.2) is 26.0 Å². The Kier molecular flexibility index (Phi) is 4.60. The van der Waals surface area contributed by atoms with Gasteiger partial charge in [-0.25, -0.2) is 9.79 Å². The summed E-state index contributed by atoms with van der Waals surface area (Å²) < 4.78 is 5.22. The van der Waals surface area contributed by atoms with Crippen molar-refractivity contribution in [2.45, 2.75) is 0 Å². The Morgan fingerprint density at radius 3 is 2.38 bits per heavy atom. The molecule has 0 N–H and O–H groups in total. The molecule has 0 amide bonds. The van der Waals surface area contributed by atoms with Crippen LogP contribution in [0.25, 0.3) is 6.08 Å². The second-order valence-corrected chi connectivity index (χ2v) is 6.27. The third kappa shape index (κ3) is 3.45. The molecule has 4 nitrogen and oxygen atoms in total. The molecule has 0 aromatic heterocycles. The number of benzene rings is 2. The van der Waals surface area contributed by atoms with E-state index >= 15 is 0 Å². The van der Waals surface area contributed by atoms with Crippen molar-refractivity contribution in [3.8, 4) is 0 Å². The van der Waals surface area contributed by atoms with Gasteiger partial charge in [-0.15, -0.1) is 0 Å². The molecule has 2 aromatic rings. The van der Waals surface area contributed by atoms with Crippen LogP contribution in [0.15, 0.2) is 53.2 Å². The summed E-state index contributed by atoms with van der Waals surface area (Å²) in [5.41, 5.74) is 2.79. The first-order valence-corrected chi connectivity index (χ1v) is 7.95. The quantitative estimate of drug-likeness (QED) is 0.601. The Bertz CT molecular complexity index is 856. The Labute approximate surface area is 150 Å². The van der Waals surface area contributed by atoms with Gasteiger partial charge in [0.1, 0.15) is 0 Å². The first kappa shape index (κ1) is 16.6. The van der Waals surface area contributed by atoms with Crippen LogP contribution in [0.1, 0.15) is 11.1 Å². The molecule has 0 spiro atoms. The SMILES string of the molecule is CN(C)c1ccc(/C=C2\N=C(c3ccc(Cl)c(Cl)c3)OC2=O)cc1. The highest BCUT2D eigenvalue weighted by Gasteiger charge is 2.24. The van der Waals surface area contributed by atoms with Crippen molar-refractivity contribution >= 4 is 46.8 Å². The third-order valence-corrected chi connectivity index (χ3v) is 4.24. The van der Waals surface area contributed by atoms with Crippen molar-refractivity contribution in [3.05, 3.63) is 69.3 Å². The maximum Gasteiger partial charge on any atom is 0.363 e. The van der Waals surface area contributed by atoms with Gasteiger partial charge in [0.05, 0.1) is 10.0 Å². The molecule has 2 aromatic carbocycles. The number of hydrogen-bond donors (Lipinski definition) is 0. The lowest BCUT2D eigenvalue weighted by Crippen LogP contribution is -2.08. The number of cyclic esters (lactones) is 1. The Balaban J connectivity index is 1.89. The van der Waals surface area contributed by atoms with Crippen LogP contribution in [0, 0.1) is 0 Å². The number of ether oxygens (including phenoxy) is 1. The minimum Gasteiger partial charge on any atom is -0.402 e. The van der Waals surface area contributed by atoms with E-state index in [1.165, 1.54) is 0 Å². The molecule has 0 saturated carbocycles. The maximum absolute atomic E-state index is 12.0. The van der Waals surface area contributed by atoms with Gasteiger partial charge in [0.15, 0.2) is 5.70 Å². The van der Waals surface area contributed by atoms with Gasteiger partial charge >= 0.3 is 5.97 Å². The van der Waals surface area contributed by atoms with E-state index in [0.717, 1.165) is 11.3 Å². The smallest absolute Gasteiger partial charge is 0.363 e. The van der Waals surface area contributed by atoms with Crippen LogP contribution >= 0.6 is 23.2 Å². The van der Waals surface area contributed by atoms with Crippen LogP contribution in [0.3, 0.4) is 0 Å². The van der Waals surface area contributed by atoms with E-state index in [-0.39, 0.29) is 11.6 Å². The van der Waals surface area contributed by atoms with E-state index in [9.17, 15) is 4.79 Å². The van der Waals surface area contributed by atoms with Gasteiger partial charge in [-0.05, 0) is 42.0 Å². The van der Waals surface area contributed by atoms with Crippen molar-refractivity contribution in [2.75, 3.05) is 19.0 Å². The monoisotopic (exact) mass is 360 g/mol. The molecule has 0 atom stereocenters. The van der Waals surface area contributed by atoms with Gasteiger partial charge in [0.25, 0.3) is 0 Å². The van der Waals surface area contributed by atoms with E-state index in [0.29, 0.717) is 15.6 Å². The van der Waals surface area contributed by atoms with Gasteiger partial charge in [-0.2, -0.15) is 0 Å². The number of rotatable bonds is 3. The van der Waals surface area contributed by atoms with Gasteiger partial charge in [-0.1, -0.05) is 35.3 Å².